The van der Waals surface area contributed by atoms with E-state index in [0.717, 1.165) is 22.1 Å². The molecule has 29 heavy (non-hydrogen) atoms. The second-order valence-electron chi connectivity index (χ2n) is 7.41. The van der Waals surface area contributed by atoms with Crippen LogP contribution in [0.1, 0.15) is 33.3 Å². The number of esters is 1. The molecule has 0 bridgehead atoms. The van der Waals surface area contributed by atoms with Crippen LogP contribution in [0.25, 0.3) is 0 Å². The maximum Gasteiger partial charge on any atom is 0.330 e. The number of carbonyl (C=O) groups excluding carboxylic acids is 3. The first-order chi connectivity index (χ1) is 13.6. The highest BCUT2D eigenvalue weighted by atomic mass is 32.2. The van der Waals surface area contributed by atoms with Crippen molar-refractivity contribution in [3.05, 3.63) is 35.9 Å². The van der Waals surface area contributed by atoms with Crippen LogP contribution in [0.4, 0.5) is 5.95 Å². The van der Waals surface area contributed by atoms with E-state index in [1.54, 1.807) is 20.8 Å². The molecule has 0 fully saturated rings. The van der Waals surface area contributed by atoms with Crippen LogP contribution >= 0.6 is 11.8 Å². The maximum atomic E-state index is 12.7. The number of anilines is 1. The van der Waals surface area contributed by atoms with Crippen molar-refractivity contribution in [1.29, 1.82) is 0 Å². The van der Waals surface area contributed by atoms with E-state index in [4.69, 9.17) is 4.74 Å². The van der Waals surface area contributed by atoms with Crippen molar-refractivity contribution < 1.29 is 19.1 Å². The van der Waals surface area contributed by atoms with Gasteiger partial charge in [-0.2, -0.15) is 4.80 Å². The van der Waals surface area contributed by atoms with Crippen molar-refractivity contribution in [3.8, 4) is 0 Å². The Bertz CT molecular complexity index is 848. The van der Waals surface area contributed by atoms with Gasteiger partial charge in [0.1, 0.15) is 5.60 Å². The molecular formula is C19H25N5O4S. The Hall–Kier alpha value is -2.75. The monoisotopic (exact) mass is 419 g/mol. The van der Waals surface area contributed by atoms with E-state index in [1.807, 2.05) is 30.3 Å². The number of rotatable bonds is 8. The van der Waals surface area contributed by atoms with Gasteiger partial charge in [-0.15, -0.1) is 5.10 Å². The number of hydrogen-bond donors (Lipinski definition) is 1. The van der Waals surface area contributed by atoms with Gasteiger partial charge in [0.05, 0.1) is 5.92 Å². The largest absolute Gasteiger partial charge is 0.459 e. The molecule has 0 aliphatic rings. The van der Waals surface area contributed by atoms with E-state index in [-0.39, 0.29) is 23.5 Å². The minimum Gasteiger partial charge on any atom is -0.459 e. The van der Waals surface area contributed by atoms with Gasteiger partial charge in [0, 0.05) is 12.7 Å². The number of nitrogens with one attached hydrogen (secondary N) is 1. The van der Waals surface area contributed by atoms with Gasteiger partial charge >= 0.3 is 5.97 Å². The highest BCUT2D eigenvalue weighted by Crippen LogP contribution is 2.17. The molecule has 1 aromatic carbocycles. The molecule has 0 spiro atoms. The van der Waals surface area contributed by atoms with Crippen LogP contribution in [-0.4, -0.2) is 48.6 Å². The minimum atomic E-state index is -0.617. The molecule has 0 radical (unpaired) electrons. The van der Waals surface area contributed by atoms with E-state index in [0.29, 0.717) is 12.2 Å². The molecule has 1 amide bonds. The molecule has 1 unspecified atom stereocenters. The summed E-state index contributed by atoms with van der Waals surface area (Å²) >= 11 is 1.09. The summed E-state index contributed by atoms with van der Waals surface area (Å²) in [5.74, 6) is -0.956. The quantitative estimate of drug-likeness (QED) is 0.647. The van der Waals surface area contributed by atoms with E-state index in [1.165, 1.54) is 6.92 Å². The molecule has 1 atom stereocenters. The van der Waals surface area contributed by atoms with E-state index >= 15 is 0 Å². The van der Waals surface area contributed by atoms with Gasteiger partial charge in [-0.1, -0.05) is 47.2 Å². The fourth-order valence-corrected chi connectivity index (χ4v) is 3.11. The lowest BCUT2D eigenvalue weighted by molar-refractivity contribution is -0.156. The van der Waals surface area contributed by atoms with Gasteiger partial charge in [0.25, 0.3) is 5.95 Å². The van der Waals surface area contributed by atoms with Crippen LogP contribution in [0.3, 0.4) is 0 Å². The number of benzene rings is 1. The lowest BCUT2D eigenvalue weighted by atomic mass is 10.0. The van der Waals surface area contributed by atoms with Crippen LogP contribution < -0.4 is 5.32 Å². The molecule has 1 heterocycles. The number of ether oxygens (including phenoxy) is 1. The Balaban J connectivity index is 2.00. The molecule has 2 rings (SSSR count). The van der Waals surface area contributed by atoms with Gasteiger partial charge in [0.2, 0.25) is 5.91 Å². The van der Waals surface area contributed by atoms with Crippen LogP contribution in [0.5, 0.6) is 0 Å². The number of hydrogen-bond acceptors (Lipinski definition) is 8. The highest BCUT2D eigenvalue weighted by Gasteiger charge is 2.22. The third kappa shape index (κ3) is 8.43. The second kappa shape index (κ2) is 10.1. The van der Waals surface area contributed by atoms with Gasteiger partial charge in [-0.3, -0.25) is 14.9 Å². The van der Waals surface area contributed by atoms with Crippen molar-refractivity contribution in [3.63, 3.8) is 0 Å². The van der Waals surface area contributed by atoms with Crippen molar-refractivity contribution in [1.82, 2.24) is 20.2 Å². The number of amides is 1. The molecule has 1 aromatic heterocycles. The van der Waals surface area contributed by atoms with Crippen molar-refractivity contribution >= 4 is 34.7 Å². The Morgan fingerprint density at radius 2 is 1.90 bits per heavy atom. The first kappa shape index (κ1) is 22.5. The number of carbonyl (C=O) groups is 3. The molecule has 10 heteroatoms. The molecular weight excluding hydrogens is 394 g/mol. The second-order valence-corrected chi connectivity index (χ2v) is 8.61. The lowest BCUT2D eigenvalue weighted by Gasteiger charge is -2.18. The standard InChI is InChI=1S/C19H25N5O4S/c1-13(25)29-12-15(10-14-8-6-5-7-9-14)17(27)20-18-21-23-24(22-18)11-16(26)28-19(2,3)4/h5-9,15H,10-12H2,1-4H3,(H,20,22,27). The summed E-state index contributed by atoms with van der Waals surface area (Å²) in [6, 6.07) is 9.54. The summed E-state index contributed by atoms with van der Waals surface area (Å²) in [7, 11) is 0. The summed E-state index contributed by atoms with van der Waals surface area (Å²) in [6.07, 6.45) is 0.471. The highest BCUT2D eigenvalue weighted by molar-refractivity contribution is 8.13. The fourth-order valence-electron chi connectivity index (χ4n) is 2.41. The fraction of sp³-hybridized carbons (Fsp3) is 0.474. The lowest BCUT2D eigenvalue weighted by Crippen LogP contribution is -2.28. The van der Waals surface area contributed by atoms with Crippen LogP contribution in [0.15, 0.2) is 30.3 Å². The molecule has 9 nitrogen and oxygen atoms in total. The van der Waals surface area contributed by atoms with Crippen molar-refractivity contribution in [2.45, 2.75) is 46.3 Å². The summed E-state index contributed by atoms with van der Waals surface area (Å²) in [6.45, 7) is 6.53. The predicted octanol–water partition coefficient (Wildman–Crippen LogP) is 2.09. The molecule has 1 N–H and O–H groups in total. The summed E-state index contributed by atoms with van der Waals surface area (Å²) in [4.78, 5) is 36.9. The Kier molecular flexibility index (Phi) is 7.89. The summed E-state index contributed by atoms with van der Waals surface area (Å²) < 4.78 is 5.20. The van der Waals surface area contributed by atoms with Crippen LogP contribution in [0.2, 0.25) is 0 Å². The molecule has 156 valence electrons. The summed E-state index contributed by atoms with van der Waals surface area (Å²) in [5, 5.41) is 14.1. The van der Waals surface area contributed by atoms with Gasteiger partial charge in [-0.05, 0) is 38.0 Å². The van der Waals surface area contributed by atoms with Crippen LogP contribution in [-0.2, 0) is 32.1 Å². The molecule has 0 aliphatic carbocycles. The van der Waals surface area contributed by atoms with Gasteiger partial charge in [-0.25, -0.2) is 4.79 Å². The zero-order valence-corrected chi connectivity index (χ0v) is 17.7. The molecule has 2 aromatic rings. The number of nitrogens with zero attached hydrogens (tertiary/aromatic N) is 4. The average Bonchev–Trinajstić information content (AvgIpc) is 3.04. The van der Waals surface area contributed by atoms with E-state index < -0.39 is 17.5 Å². The Labute approximate surface area is 173 Å². The van der Waals surface area contributed by atoms with Crippen molar-refractivity contribution in [2.24, 2.45) is 5.92 Å². The topological polar surface area (TPSA) is 116 Å². The third-order valence-corrected chi connectivity index (χ3v) is 4.54. The minimum absolute atomic E-state index is 0.00977. The Morgan fingerprint density at radius 1 is 1.21 bits per heavy atom. The molecule has 0 saturated carbocycles. The van der Waals surface area contributed by atoms with Crippen molar-refractivity contribution in [2.75, 3.05) is 11.1 Å². The van der Waals surface area contributed by atoms with E-state index in [2.05, 4.69) is 20.7 Å². The van der Waals surface area contributed by atoms with Gasteiger partial charge < -0.3 is 4.74 Å². The molecule has 0 saturated heterocycles. The normalized spacial score (nSPS) is 12.3. The SMILES string of the molecule is CC(=O)SCC(Cc1ccccc1)C(=O)Nc1nnn(CC(=O)OC(C)(C)C)n1. The first-order valence-electron chi connectivity index (χ1n) is 9.10. The Morgan fingerprint density at radius 3 is 2.52 bits per heavy atom. The average molecular weight is 420 g/mol. The van der Waals surface area contributed by atoms with Gasteiger partial charge in [0.15, 0.2) is 11.7 Å². The zero-order chi connectivity index (χ0) is 21.4. The van der Waals surface area contributed by atoms with E-state index in [9.17, 15) is 14.4 Å². The summed E-state index contributed by atoms with van der Waals surface area (Å²) in [5.41, 5.74) is 0.367. The molecule has 0 aliphatic heterocycles. The first-order valence-corrected chi connectivity index (χ1v) is 10.1. The maximum absolute atomic E-state index is 12.7. The number of aromatic nitrogens is 4. The predicted molar refractivity (Wildman–Crippen MR) is 109 cm³/mol. The zero-order valence-electron chi connectivity index (χ0n) is 16.9. The third-order valence-electron chi connectivity index (χ3n) is 3.56. The number of tetrazole rings is 1. The van der Waals surface area contributed by atoms with Crippen LogP contribution in [0, 0.1) is 5.92 Å². The smallest absolute Gasteiger partial charge is 0.330 e. The number of thioether (sulfide) groups is 1.